The van der Waals surface area contributed by atoms with Gasteiger partial charge in [0.25, 0.3) is 5.91 Å². The maximum atomic E-state index is 13.7. The van der Waals surface area contributed by atoms with Gasteiger partial charge in [0.15, 0.2) is 5.54 Å². The molecule has 0 aromatic heterocycles. The van der Waals surface area contributed by atoms with Gasteiger partial charge >= 0.3 is 18.2 Å². The number of likely N-dealkylation sites (N-methyl/N-ethyl adjacent to an activating group) is 1. The van der Waals surface area contributed by atoms with Crippen molar-refractivity contribution in [2.24, 2.45) is 0 Å². The van der Waals surface area contributed by atoms with E-state index in [4.69, 9.17) is 9.47 Å². The van der Waals surface area contributed by atoms with Crippen LogP contribution in [0.15, 0.2) is 48.5 Å². The van der Waals surface area contributed by atoms with Crippen LogP contribution >= 0.6 is 0 Å². The average molecular weight is 492 g/mol. The quantitative estimate of drug-likeness (QED) is 0.642. The number of alkyl halides is 3. The highest BCUT2D eigenvalue weighted by Crippen LogP contribution is 2.44. The molecule has 35 heavy (non-hydrogen) atoms. The van der Waals surface area contributed by atoms with Crippen LogP contribution in [0.5, 0.6) is 0 Å². The summed E-state index contributed by atoms with van der Waals surface area (Å²) in [4.78, 5) is 37.3. The first kappa shape index (κ1) is 24.5. The fraction of sp³-hybridized carbons (Fsp3) is 0.375. The second kappa shape index (κ2) is 9.21. The van der Waals surface area contributed by atoms with Crippen LogP contribution in [0.3, 0.4) is 0 Å². The second-order valence-corrected chi connectivity index (χ2v) is 8.48. The number of carboxylic acid groups (broad SMARTS) is 1. The number of nitrogens with zero attached hydrogens (tertiary/aromatic N) is 1. The van der Waals surface area contributed by atoms with Crippen molar-refractivity contribution in [3.05, 3.63) is 59.7 Å². The Balaban J connectivity index is 1.49. The monoisotopic (exact) mass is 492 g/mol. The van der Waals surface area contributed by atoms with Gasteiger partial charge in [-0.1, -0.05) is 48.5 Å². The molecule has 1 fully saturated rings. The first-order valence-electron chi connectivity index (χ1n) is 10.8. The van der Waals surface area contributed by atoms with Crippen LogP contribution in [-0.4, -0.2) is 72.6 Å². The van der Waals surface area contributed by atoms with Gasteiger partial charge in [0.2, 0.25) is 6.04 Å². The molecule has 2 unspecified atom stereocenters. The summed E-state index contributed by atoms with van der Waals surface area (Å²) >= 11 is 0. The van der Waals surface area contributed by atoms with Gasteiger partial charge in [0, 0.05) is 26.0 Å². The van der Waals surface area contributed by atoms with E-state index >= 15 is 0 Å². The van der Waals surface area contributed by atoms with Crippen LogP contribution in [0.25, 0.3) is 11.1 Å². The molecule has 1 heterocycles. The molecule has 2 N–H and O–H groups in total. The van der Waals surface area contributed by atoms with Gasteiger partial charge in [-0.05, 0) is 22.3 Å². The molecule has 0 bridgehead atoms. The molecule has 0 saturated carbocycles. The summed E-state index contributed by atoms with van der Waals surface area (Å²) in [7, 11) is 0.948. The fourth-order valence-corrected chi connectivity index (χ4v) is 4.58. The molecule has 2 atom stereocenters. The zero-order valence-electron chi connectivity index (χ0n) is 18.7. The zero-order valence-corrected chi connectivity index (χ0v) is 18.7. The minimum atomic E-state index is -5.18. The van der Waals surface area contributed by atoms with Crippen LogP contribution < -0.4 is 5.32 Å². The van der Waals surface area contributed by atoms with E-state index in [9.17, 15) is 32.7 Å². The number of carbonyl (C=O) groups is 3. The molecule has 2 aliphatic rings. The standard InChI is InChI=1S/C24H23F3N2O6/c1-29(23(21(31)32)10-11-34-13-23)20(30)19(24(25,26)27)28-22(33)35-12-18-16-8-4-2-6-14(16)15-7-3-5-9-17(15)18/h2-9,18-19H,10-13H2,1H3,(H,28,33)(H,31,32). The summed E-state index contributed by atoms with van der Waals surface area (Å²) in [6.07, 6.45) is -6.81. The number of benzene rings is 2. The topological polar surface area (TPSA) is 105 Å². The van der Waals surface area contributed by atoms with E-state index in [1.54, 1.807) is 5.32 Å². The van der Waals surface area contributed by atoms with Crippen molar-refractivity contribution in [3.63, 3.8) is 0 Å². The lowest BCUT2D eigenvalue weighted by atomic mass is 9.96. The maximum Gasteiger partial charge on any atom is 0.417 e. The SMILES string of the molecule is CN(C(=O)C(NC(=O)OCC1c2ccccc2-c2ccccc21)C(F)(F)F)C1(C(=O)O)CCOC1. The number of carbonyl (C=O) groups excluding carboxylic acids is 2. The van der Waals surface area contributed by atoms with Gasteiger partial charge in [-0.3, -0.25) is 4.79 Å². The number of nitrogens with one attached hydrogen (secondary N) is 1. The predicted octanol–water partition coefficient (Wildman–Crippen LogP) is 3.16. The summed E-state index contributed by atoms with van der Waals surface area (Å²) < 4.78 is 51.4. The first-order valence-corrected chi connectivity index (χ1v) is 10.8. The second-order valence-electron chi connectivity index (χ2n) is 8.48. The van der Waals surface area contributed by atoms with E-state index in [2.05, 4.69) is 0 Å². The first-order chi connectivity index (χ1) is 16.6. The lowest BCUT2D eigenvalue weighted by Gasteiger charge is -2.36. The molecule has 2 amide bonds. The highest BCUT2D eigenvalue weighted by atomic mass is 19.4. The number of hydrogen-bond acceptors (Lipinski definition) is 5. The number of halogens is 3. The molecule has 186 valence electrons. The summed E-state index contributed by atoms with van der Waals surface area (Å²) in [5.74, 6) is -3.51. The normalized spacial score (nSPS) is 20.0. The summed E-state index contributed by atoms with van der Waals surface area (Å²) in [6, 6.07) is 11.9. The largest absolute Gasteiger partial charge is 0.479 e. The third kappa shape index (κ3) is 4.43. The van der Waals surface area contributed by atoms with Crippen LogP contribution in [0, 0.1) is 0 Å². The van der Waals surface area contributed by atoms with Gasteiger partial charge in [0.05, 0.1) is 6.61 Å². The number of hydrogen-bond donors (Lipinski definition) is 2. The summed E-state index contributed by atoms with van der Waals surface area (Å²) in [5, 5.41) is 11.1. The Morgan fingerprint density at radius 1 is 1.14 bits per heavy atom. The van der Waals surface area contributed by atoms with Crippen LogP contribution in [0.4, 0.5) is 18.0 Å². The van der Waals surface area contributed by atoms with E-state index in [-0.39, 0.29) is 25.6 Å². The minimum Gasteiger partial charge on any atom is -0.479 e. The number of amides is 2. The number of alkyl carbamates (subject to hydrolysis) is 1. The highest BCUT2D eigenvalue weighted by Gasteiger charge is 2.54. The van der Waals surface area contributed by atoms with Gasteiger partial charge < -0.3 is 24.8 Å². The third-order valence-corrected chi connectivity index (χ3v) is 6.55. The van der Waals surface area contributed by atoms with Gasteiger partial charge in [-0.15, -0.1) is 0 Å². The molecule has 4 rings (SSSR count). The molecule has 0 spiro atoms. The number of fused-ring (bicyclic) bond motifs is 3. The van der Waals surface area contributed by atoms with E-state index in [1.807, 2.05) is 48.5 Å². The molecular weight excluding hydrogens is 469 g/mol. The van der Waals surface area contributed by atoms with Gasteiger partial charge in [0.1, 0.15) is 6.61 Å². The summed E-state index contributed by atoms with van der Waals surface area (Å²) in [5.41, 5.74) is 1.67. The van der Waals surface area contributed by atoms with Crippen molar-refractivity contribution in [2.45, 2.75) is 30.1 Å². The molecule has 8 nitrogen and oxygen atoms in total. The molecule has 1 aliphatic carbocycles. The molecule has 2 aromatic carbocycles. The summed E-state index contributed by atoms with van der Waals surface area (Å²) in [6.45, 7) is -0.734. The van der Waals surface area contributed by atoms with Crippen molar-refractivity contribution in [2.75, 3.05) is 26.9 Å². The van der Waals surface area contributed by atoms with Gasteiger partial charge in [-0.25, -0.2) is 9.59 Å². The molecule has 11 heteroatoms. The van der Waals surface area contributed by atoms with Crippen LogP contribution in [-0.2, 0) is 19.1 Å². The Labute approximate surface area is 198 Å². The number of rotatable bonds is 6. The molecule has 0 radical (unpaired) electrons. The lowest BCUT2D eigenvalue weighted by Crippen LogP contribution is -2.63. The highest BCUT2D eigenvalue weighted by molar-refractivity contribution is 5.92. The van der Waals surface area contributed by atoms with Crippen LogP contribution in [0.2, 0.25) is 0 Å². The van der Waals surface area contributed by atoms with Crippen LogP contribution in [0.1, 0.15) is 23.5 Å². The maximum absolute atomic E-state index is 13.7. The predicted molar refractivity (Wildman–Crippen MR) is 117 cm³/mol. The molecule has 2 aromatic rings. The van der Waals surface area contributed by atoms with E-state index in [1.165, 1.54) is 0 Å². The zero-order chi connectivity index (χ0) is 25.4. The number of carboxylic acids is 1. The molecule has 1 aliphatic heterocycles. The van der Waals surface area contributed by atoms with Crippen molar-refractivity contribution in [1.29, 1.82) is 0 Å². The Morgan fingerprint density at radius 2 is 1.71 bits per heavy atom. The van der Waals surface area contributed by atoms with E-state index in [0.29, 0.717) is 4.90 Å². The smallest absolute Gasteiger partial charge is 0.417 e. The van der Waals surface area contributed by atoms with Crippen molar-refractivity contribution in [1.82, 2.24) is 10.2 Å². The van der Waals surface area contributed by atoms with Crippen molar-refractivity contribution in [3.8, 4) is 11.1 Å². The Bertz CT molecular complexity index is 1100. The minimum absolute atomic E-state index is 0.0274. The van der Waals surface area contributed by atoms with Gasteiger partial charge in [-0.2, -0.15) is 13.2 Å². The third-order valence-electron chi connectivity index (χ3n) is 6.55. The Morgan fingerprint density at radius 3 is 2.20 bits per heavy atom. The Hall–Kier alpha value is -3.60. The molecular formula is C24H23F3N2O6. The van der Waals surface area contributed by atoms with E-state index in [0.717, 1.165) is 29.3 Å². The molecule has 1 saturated heterocycles. The van der Waals surface area contributed by atoms with Crippen molar-refractivity contribution >= 4 is 18.0 Å². The lowest BCUT2D eigenvalue weighted by molar-refractivity contribution is -0.181. The number of ether oxygens (including phenoxy) is 2. The fourth-order valence-electron chi connectivity index (χ4n) is 4.58. The Kier molecular flexibility index (Phi) is 6.46. The van der Waals surface area contributed by atoms with E-state index < -0.39 is 42.3 Å². The average Bonchev–Trinajstić information content (AvgIpc) is 3.44. The number of aliphatic carboxylic acids is 1. The van der Waals surface area contributed by atoms with Crippen molar-refractivity contribution < 1.29 is 42.1 Å².